The lowest BCUT2D eigenvalue weighted by Crippen LogP contribution is -2.38. The van der Waals surface area contributed by atoms with E-state index < -0.39 is 0 Å². The van der Waals surface area contributed by atoms with Crippen molar-refractivity contribution in [2.45, 2.75) is 44.6 Å². The first-order valence-electron chi connectivity index (χ1n) is 9.62. The Labute approximate surface area is 156 Å². The van der Waals surface area contributed by atoms with E-state index >= 15 is 0 Å². The monoisotopic (exact) mass is 349 g/mol. The van der Waals surface area contributed by atoms with Gasteiger partial charge in [-0.05, 0) is 17.2 Å². The molecule has 2 aliphatic rings. The van der Waals surface area contributed by atoms with Crippen molar-refractivity contribution in [2.24, 2.45) is 0 Å². The van der Waals surface area contributed by atoms with Crippen LogP contribution in [0.25, 0.3) is 0 Å². The Morgan fingerprint density at radius 2 is 1.54 bits per heavy atom. The predicted octanol–water partition coefficient (Wildman–Crippen LogP) is 4.54. The van der Waals surface area contributed by atoms with Gasteiger partial charge in [-0.3, -0.25) is 4.90 Å². The lowest BCUT2D eigenvalue weighted by Gasteiger charge is -2.37. The summed E-state index contributed by atoms with van der Waals surface area (Å²) in [4.78, 5) is 2.47. The quantitative estimate of drug-likeness (QED) is 0.732. The molecule has 0 atom stereocenters. The number of hydrogen-bond donors (Lipinski definition) is 0. The third-order valence-electron chi connectivity index (χ3n) is 5.20. The second-order valence-electron chi connectivity index (χ2n) is 7.27. The molecule has 3 nitrogen and oxygen atoms in total. The Morgan fingerprint density at radius 1 is 0.846 bits per heavy atom. The van der Waals surface area contributed by atoms with Crippen molar-refractivity contribution in [3.8, 4) is 0 Å². The van der Waals surface area contributed by atoms with Crippen molar-refractivity contribution in [3.63, 3.8) is 0 Å². The number of ether oxygens (including phenoxy) is 2. The number of benzene rings is 2. The summed E-state index contributed by atoms with van der Waals surface area (Å²) >= 11 is 0. The van der Waals surface area contributed by atoms with Crippen LogP contribution in [0.1, 0.15) is 30.4 Å². The maximum Gasteiger partial charge on any atom is 0.103 e. The van der Waals surface area contributed by atoms with Crippen LogP contribution >= 0.6 is 0 Å². The van der Waals surface area contributed by atoms with Gasteiger partial charge in [-0.15, -0.1) is 0 Å². The van der Waals surface area contributed by atoms with Gasteiger partial charge in [0.05, 0.1) is 18.5 Å². The topological polar surface area (TPSA) is 21.7 Å². The van der Waals surface area contributed by atoms with Crippen LogP contribution in [0.2, 0.25) is 0 Å². The summed E-state index contributed by atoms with van der Waals surface area (Å²) in [5.41, 5.74) is 2.62. The Bertz CT molecular complexity index is 708. The van der Waals surface area contributed by atoms with Crippen LogP contribution in [0, 0.1) is 0 Å². The average Bonchev–Trinajstić information content (AvgIpc) is 2.66. The lowest BCUT2D eigenvalue weighted by molar-refractivity contribution is -0.0909. The van der Waals surface area contributed by atoms with E-state index in [1.54, 1.807) is 0 Å². The van der Waals surface area contributed by atoms with Crippen LogP contribution in [-0.4, -0.2) is 30.2 Å². The van der Waals surface area contributed by atoms with Gasteiger partial charge in [0.1, 0.15) is 6.10 Å². The van der Waals surface area contributed by atoms with Gasteiger partial charge in [0.2, 0.25) is 0 Å². The third kappa shape index (κ3) is 4.75. The van der Waals surface area contributed by atoms with Gasteiger partial charge in [0.15, 0.2) is 0 Å². The van der Waals surface area contributed by atoms with Gasteiger partial charge >= 0.3 is 0 Å². The Kier molecular flexibility index (Phi) is 5.68. The molecule has 0 spiro atoms. The van der Waals surface area contributed by atoms with Gasteiger partial charge in [-0.1, -0.05) is 60.7 Å². The highest BCUT2D eigenvalue weighted by atomic mass is 16.5. The summed E-state index contributed by atoms with van der Waals surface area (Å²) < 4.78 is 12.1. The van der Waals surface area contributed by atoms with Crippen LogP contribution in [0.5, 0.6) is 0 Å². The van der Waals surface area contributed by atoms with Crippen molar-refractivity contribution < 1.29 is 9.47 Å². The fourth-order valence-corrected chi connectivity index (χ4v) is 3.54. The van der Waals surface area contributed by atoms with E-state index in [1.807, 2.05) is 6.07 Å². The fourth-order valence-electron chi connectivity index (χ4n) is 3.54. The molecule has 0 bridgehead atoms. The molecular weight excluding hydrogens is 322 g/mol. The predicted molar refractivity (Wildman–Crippen MR) is 104 cm³/mol. The Balaban J connectivity index is 1.15. The van der Waals surface area contributed by atoms with E-state index in [0.717, 1.165) is 38.9 Å². The van der Waals surface area contributed by atoms with Crippen molar-refractivity contribution in [3.05, 3.63) is 83.6 Å². The summed E-state index contributed by atoms with van der Waals surface area (Å²) in [6.07, 6.45) is 5.97. The minimum Gasteiger partial charge on any atom is -0.495 e. The third-order valence-corrected chi connectivity index (χ3v) is 5.20. The van der Waals surface area contributed by atoms with Gasteiger partial charge in [-0.25, -0.2) is 0 Å². The van der Waals surface area contributed by atoms with E-state index in [9.17, 15) is 0 Å². The fraction of sp³-hybridized carbons (Fsp3) is 0.391. The Hall–Kier alpha value is -2.10. The molecule has 0 saturated heterocycles. The zero-order chi connectivity index (χ0) is 17.6. The first-order chi connectivity index (χ1) is 12.8. The standard InChI is InChI=1S/C23H27NO2/c1-3-7-19(8-4-1)17-24-13-11-21(12-14-24)26-23-15-22(16-23)25-18-20-9-5-2-6-10-20/h1-11,22-23H,12-18H2/t22-,23-. The summed E-state index contributed by atoms with van der Waals surface area (Å²) in [5, 5.41) is 0. The van der Waals surface area contributed by atoms with Crippen LogP contribution in [0.3, 0.4) is 0 Å². The lowest BCUT2D eigenvalue weighted by atomic mass is 9.91. The SMILES string of the molecule is C1=C(O[C@H]2C[C@H](OCc3ccccc3)C2)CCN(Cc2ccccc2)C1. The molecule has 1 aliphatic carbocycles. The molecule has 4 rings (SSSR count). The van der Waals surface area contributed by atoms with Gasteiger partial charge in [0.25, 0.3) is 0 Å². The first kappa shape index (κ1) is 17.3. The van der Waals surface area contributed by atoms with E-state index in [2.05, 4.69) is 65.6 Å². The molecule has 3 heteroatoms. The van der Waals surface area contributed by atoms with Crippen molar-refractivity contribution in [2.75, 3.05) is 13.1 Å². The minimum atomic E-state index is 0.336. The van der Waals surface area contributed by atoms with E-state index in [1.165, 1.54) is 16.9 Å². The van der Waals surface area contributed by atoms with Crippen LogP contribution < -0.4 is 0 Å². The second kappa shape index (κ2) is 8.52. The van der Waals surface area contributed by atoms with E-state index in [0.29, 0.717) is 18.8 Å². The molecule has 2 aromatic carbocycles. The molecule has 26 heavy (non-hydrogen) atoms. The Morgan fingerprint density at radius 3 is 2.19 bits per heavy atom. The minimum absolute atomic E-state index is 0.336. The largest absolute Gasteiger partial charge is 0.495 e. The normalized spacial score (nSPS) is 23.2. The molecule has 136 valence electrons. The number of rotatable bonds is 7. The summed E-state index contributed by atoms with van der Waals surface area (Å²) in [6, 6.07) is 21.1. The van der Waals surface area contributed by atoms with Gasteiger partial charge < -0.3 is 9.47 Å². The van der Waals surface area contributed by atoms with Crippen molar-refractivity contribution >= 4 is 0 Å². The molecule has 1 heterocycles. The zero-order valence-corrected chi connectivity index (χ0v) is 15.2. The highest BCUT2D eigenvalue weighted by Crippen LogP contribution is 2.30. The summed E-state index contributed by atoms with van der Waals surface area (Å²) in [6.45, 7) is 3.77. The molecule has 0 unspecified atom stereocenters. The van der Waals surface area contributed by atoms with Crippen molar-refractivity contribution in [1.82, 2.24) is 4.90 Å². The van der Waals surface area contributed by atoms with Gasteiger partial charge in [-0.2, -0.15) is 0 Å². The smallest absolute Gasteiger partial charge is 0.103 e. The summed E-state index contributed by atoms with van der Waals surface area (Å²) in [7, 11) is 0. The maximum atomic E-state index is 6.16. The molecule has 1 fully saturated rings. The maximum absolute atomic E-state index is 6.16. The van der Waals surface area contributed by atoms with Crippen LogP contribution in [-0.2, 0) is 22.6 Å². The molecular formula is C23H27NO2. The highest BCUT2D eigenvalue weighted by molar-refractivity contribution is 5.15. The molecule has 1 aliphatic heterocycles. The number of hydrogen-bond acceptors (Lipinski definition) is 3. The second-order valence-corrected chi connectivity index (χ2v) is 7.27. The molecule has 1 saturated carbocycles. The van der Waals surface area contributed by atoms with Gasteiger partial charge in [0, 0.05) is 38.9 Å². The molecule has 0 N–H and O–H groups in total. The van der Waals surface area contributed by atoms with E-state index in [-0.39, 0.29) is 0 Å². The van der Waals surface area contributed by atoms with Crippen LogP contribution in [0.4, 0.5) is 0 Å². The van der Waals surface area contributed by atoms with Crippen molar-refractivity contribution in [1.29, 1.82) is 0 Å². The first-order valence-corrected chi connectivity index (χ1v) is 9.62. The molecule has 0 aromatic heterocycles. The summed E-state index contributed by atoms with van der Waals surface area (Å²) in [5.74, 6) is 1.17. The molecule has 2 aromatic rings. The highest BCUT2D eigenvalue weighted by Gasteiger charge is 2.32. The van der Waals surface area contributed by atoms with E-state index in [4.69, 9.17) is 9.47 Å². The van der Waals surface area contributed by atoms with Crippen LogP contribution in [0.15, 0.2) is 72.5 Å². The average molecular weight is 349 g/mol. The molecule has 0 radical (unpaired) electrons. The number of nitrogens with zero attached hydrogens (tertiary/aromatic N) is 1. The molecule has 0 amide bonds. The zero-order valence-electron chi connectivity index (χ0n) is 15.2.